The molecule has 0 fully saturated rings. The molecule has 1 aromatic rings. The van der Waals surface area contributed by atoms with Crippen LogP contribution in [0.2, 0.25) is 0 Å². The maximum absolute atomic E-state index is 4.88. The van der Waals surface area contributed by atoms with Crippen molar-refractivity contribution in [1.29, 1.82) is 0 Å². The summed E-state index contributed by atoms with van der Waals surface area (Å²) in [7, 11) is 9.75. The van der Waals surface area contributed by atoms with Crippen molar-refractivity contribution in [1.82, 2.24) is 0 Å². The third-order valence-electron chi connectivity index (χ3n) is 1.16. The minimum atomic E-state index is -0.472. The van der Waals surface area contributed by atoms with Crippen LogP contribution >= 0.6 is 18.8 Å². The fraction of sp³-hybridized carbons (Fsp3) is 0.111. The predicted molar refractivity (Wildman–Crippen MR) is 52.9 cm³/mol. The summed E-state index contributed by atoms with van der Waals surface area (Å²) in [6.45, 7) is 2.02. The van der Waals surface area contributed by atoms with E-state index in [2.05, 4.69) is 18.2 Å². The Labute approximate surface area is 90.0 Å². The second-order valence-corrected chi connectivity index (χ2v) is 5.24. The Bertz CT molecular complexity index is 209. The van der Waals surface area contributed by atoms with Crippen LogP contribution in [0.1, 0.15) is 12.5 Å². The molecule has 1 rings (SSSR count). The molecular weight excluding hydrogens is 374 g/mol. The topological polar surface area (TPSA) is 0 Å². The monoisotopic (exact) mass is 383 g/mol. The Morgan fingerprint density at radius 2 is 1.67 bits per heavy atom. The molecule has 0 aromatic heterocycles. The van der Waals surface area contributed by atoms with E-state index in [1.165, 1.54) is 5.56 Å². The van der Waals surface area contributed by atoms with Crippen molar-refractivity contribution < 1.29 is 16.5 Å². The normalized spacial score (nSPS) is 9.58. The van der Waals surface area contributed by atoms with Crippen LogP contribution in [-0.4, -0.2) is 0 Å². The van der Waals surface area contributed by atoms with Crippen LogP contribution in [0.5, 0.6) is 0 Å². The van der Waals surface area contributed by atoms with E-state index in [1.54, 1.807) is 0 Å². The molecule has 0 saturated heterocycles. The number of hydrogen-bond acceptors (Lipinski definition) is 0. The van der Waals surface area contributed by atoms with E-state index >= 15 is 0 Å². The first-order valence-corrected chi connectivity index (χ1v) is 8.98. The first-order valence-electron chi connectivity index (χ1n) is 3.35. The van der Waals surface area contributed by atoms with Crippen molar-refractivity contribution in [3.63, 3.8) is 0 Å². The molecule has 0 atom stereocenters. The van der Waals surface area contributed by atoms with Gasteiger partial charge in [0.15, 0.2) is 0 Å². The van der Waals surface area contributed by atoms with E-state index in [9.17, 15) is 0 Å². The van der Waals surface area contributed by atoms with Crippen LogP contribution in [-0.2, 0) is 16.5 Å². The molecule has 0 unspecified atom stereocenters. The second kappa shape index (κ2) is 9.32. The molecule has 3 heteroatoms. The zero-order chi connectivity index (χ0) is 9.23. The van der Waals surface area contributed by atoms with Crippen LogP contribution in [0.25, 0.3) is 6.08 Å². The van der Waals surface area contributed by atoms with Gasteiger partial charge in [0.1, 0.15) is 0 Å². The van der Waals surface area contributed by atoms with Crippen LogP contribution in [0, 0.1) is 0 Å². The molecule has 12 heavy (non-hydrogen) atoms. The van der Waals surface area contributed by atoms with Crippen LogP contribution in [0.3, 0.4) is 0 Å². The molecule has 1 aromatic carbocycles. The van der Waals surface area contributed by atoms with Gasteiger partial charge in [-0.25, -0.2) is 0 Å². The summed E-state index contributed by atoms with van der Waals surface area (Å²) in [5.41, 5.74) is 1.26. The van der Waals surface area contributed by atoms with Crippen molar-refractivity contribution in [2.45, 2.75) is 6.92 Å². The number of allylic oxidation sites excluding steroid dienone is 1. The fourth-order valence-electron chi connectivity index (χ4n) is 0.757. The predicted octanol–water partition coefficient (Wildman–Crippen LogP) is 4.10. The van der Waals surface area contributed by atoms with Gasteiger partial charge in [-0.1, -0.05) is 42.5 Å². The number of benzene rings is 1. The third-order valence-corrected chi connectivity index (χ3v) is 1.16. The Morgan fingerprint density at radius 3 is 2.08 bits per heavy atom. The number of hydrogen-bond donors (Lipinski definition) is 0. The summed E-state index contributed by atoms with van der Waals surface area (Å²) in [5.74, 6) is 0. The molecular formula is C9H10Cl2Pt. The van der Waals surface area contributed by atoms with Gasteiger partial charge in [0.05, 0.1) is 0 Å². The van der Waals surface area contributed by atoms with Gasteiger partial charge in [0.25, 0.3) is 0 Å². The van der Waals surface area contributed by atoms with Crippen molar-refractivity contribution in [3.05, 3.63) is 42.0 Å². The summed E-state index contributed by atoms with van der Waals surface area (Å²) in [5, 5.41) is 0. The Balaban J connectivity index is 0.000000354. The SMILES string of the molecule is C/C=C/c1ccccc1.[Cl][Pt][Cl]. The van der Waals surface area contributed by atoms with Crippen molar-refractivity contribution >= 4 is 24.9 Å². The van der Waals surface area contributed by atoms with E-state index in [4.69, 9.17) is 18.8 Å². The van der Waals surface area contributed by atoms with Crippen molar-refractivity contribution in [2.75, 3.05) is 0 Å². The molecule has 0 N–H and O–H groups in total. The molecule has 0 aliphatic heterocycles. The Morgan fingerprint density at radius 1 is 1.17 bits per heavy atom. The third kappa shape index (κ3) is 6.91. The first kappa shape index (κ1) is 12.2. The van der Waals surface area contributed by atoms with Crippen LogP contribution in [0.15, 0.2) is 36.4 Å². The zero-order valence-corrected chi connectivity index (χ0v) is 10.4. The molecule has 0 heterocycles. The van der Waals surface area contributed by atoms with Crippen molar-refractivity contribution in [3.8, 4) is 0 Å². The second-order valence-electron chi connectivity index (χ2n) is 1.96. The average molecular weight is 384 g/mol. The van der Waals surface area contributed by atoms with Gasteiger partial charge < -0.3 is 0 Å². The van der Waals surface area contributed by atoms with E-state index in [-0.39, 0.29) is 0 Å². The summed E-state index contributed by atoms with van der Waals surface area (Å²) in [4.78, 5) is 0. The quantitative estimate of drug-likeness (QED) is 0.684. The van der Waals surface area contributed by atoms with Crippen molar-refractivity contribution in [2.24, 2.45) is 0 Å². The van der Waals surface area contributed by atoms with Crippen LogP contribution < -0.4 is 0 Å². The summed E-state index contributed by atoms with van der Waals surface area (Å²) >= 11 is -0.472. The van der Waals surface area contributed by atoms with Gasteiger partial charge in [0, 0.05) is 0 Å². The Hall–Kier alpha value is 0.228. The van der Waals surface area contributed by atoms with E-state index < -0.39 is 16.5 Å². The summed E-state index contributed by atoms with van der Waals surface area (Å²) in [6, 6.07) is 10.3. The van der Waals surface area contributed by atoms with Gasteiger partial charge in [-0.05, 0) is 12.5 Å². The summed E-state index contributed by atoms with van der Waals surface area (Å²) in [6.07, 6.45) is 4.12. The molecule has 0 saturated carbocycles. The molecule has 0 aliphatic carbocycles. The molecule has 0 aliphatic rings. The molecule has 0 spiro atoms. The number of rotatable bonds is 1. The zero-order valence-electron chi connectivity index (χ0n) is 6.61. The minimum absolute atomic E-state index is 0.472. The average Bonchev–Trinajstić information content (AvgIpc) is 2.08. The summed E-state index contributed by atoms with van der Waals surface area (Å²) < 4.78 is 0. The van der Waals surface area contributed by atoms with Gasteiger partial charge in [0.2, 0.25) is 0 Å². The fourth-order valence-corrected chi connectivity index (χ4v) is 0.757. The molecule has 0 nitrogen and oxygen atoms in total. The van der Waals surface area contributed by atoms with E-state index in [1.807, 2.05) is 31.2 Å². The van der Waals surface area contributed by atoms with Gasteiger partial charge in [-0.15, -0.1) is 0 Å². The van der Waals surface area contributed by atoms with Crippen LogP contribution in [0.4, 0.5) is 0 Å². The van der Waals surface area contributed by atoms with Gasteiger partial charge >= 0.3 is 35.3 Å². The van der Waals surface area contributed by atoms with Gasteiger partial charge in [-0.3, -0.25) is 0 Å². The molecule has 0 radical (unpaired) electrons. The maximum atomic E-state index is 4.88. The van der Waals surface area contributed by atoms with E-state index in [0.29, 0.717) is 0 Å². The van der Waals surface area contributed by atoms with Gasteiger partial charge in [-0.2, -0.15) is 0 Å². The molecule has 0 bridgehead atoms. The Kier molecular flexibility index (Phi) is 9.49. The molecule has 0 amide bonds. The van der Waals surface area contributed by atoms with E-state index in [0.717, 1.165) is 0 Å². The number of halogens is 2. The standard InChI is InChI=1S/C9H10.2ClH.Pt/c1-2-6-9-7-4-3-5-8-9;;;/h2-8H,1H3;2*1H;/q;;;+2/p-2/b6-2+;;;. The molecule has 70 valence electrons. The first-order chi connectivity index (χ1) is 5.85.